The van der Waals surface area contributed by atoms with Crippen molar-refractivity contribution in [2.75, 3.05) is 38.3 Å². The summed E-state index contributed by atoms with van der Waals surface area (Å²) in [5.41, 5.74) is 12.5. The average Bonchev–Trinajstić information content (AvgIpc) is 3.30. The zero-order valence-corrected chi connectivity index (χ0v) is 30.6. The normalized spacial score (nSPS) is 17.8. The first kappa shape index (κ1) is 36.1. The summed E-state index contributed by atoms with van der Waals surface area (Å²) in [5, 5.41) is 10.7. The highest BCUT2D eigenvalue weighted by atomic mass is 28.4. The van der Waals surface area contributed by atoms with Crippen LogP contribution in [0.1, 0.15) is 72.2 Å². The second-order valence-corrected chi connectivity index (χ2v) is 19.9. The van der Waals surface area contributed by atoms with Gasteiger partial charge in [-0.05, 0) is 79.7 Å². The first-order valence-electron chi connectivity index (χ1n) is 16.6. The lowest BCUT2D eigenvalue weighted by Crippen LogP contribution is -2.46. The van der Waals surface area contributed by atoms with Crippen molar-refractivity contribution in [3.05, 3.63) is 47.8 Å². The summed E-state index contributed by atoms with van der Waals surface area (Å²) in [4.78, 5) is 18.5. The van der Waals surface area contributed by atoms with Gasteiger partial charge in [-0.2, -0.15) is 0 Å². The molecule has 1 aliphatic heterocycles. The van der Waals surface area contributed by atoms with E-state index in [1.165, 1.54) is 22.2 Å². The van der Waals surface area contributed by atoms with Crippen LogP contribution in [-0.4, -0.2) is 74.5 Å². The van der Waals surface area contributed by atoms with Gasteiger partial charge in [0.05, 0.1) is 30.2 Å². The molecular weight excluding hydrogens is 597 g/mol. The Kier molecular flexibility index (Phi) is 11.1. The first-order valence-corrected chi connectivity index (χ1v) is 19.5. The number of nitrogens with two attached hydrogens (primary N) is 1. The van der Waals surface area contributed by atoms with Crippen molar-refractivity contribution in [3.8, 4) is 11.3 Å². The minimum atomic E-state index is -1.95. The summed E-state index contributed by atoms with van der Waals surface area (Å²) in [6.45, 7) is 23.7. The van der Waals surface area contributed by atoms with Crippen LogP contribution in [0.25, 0.3) is 22.2 Å². The zero-order valence-electron chi connectivity index (χ0n) is 29.6. The van der Waals surface area contributed by atoms with Gasteiger partial charge in [0.15, 0.2) is 8.32 Å². The number of pyridine rings is 1. The Morgan fingerprint density at radius 3 is 2.57 bits per heavy atom. The molecule has 9 nitrogen and oxygen atoms in total. The third-order valence-electron chi connectivity index (χ3n) is 9.92. The van der Waals surface area contributed by atoms with E-state index in [2.05, 4.69) is 88.4 Å². The summed E-state index contributed by atoms with van der Waals surface area (Å²) < 4.78 is 20.9. The highest BCUT2D eigenvalue weighted by molar-refractivity contribution is 6.74. The fourth-order valence-corrected chi connectivity index (χ4v) is 7.26. The molecule has 4 rings (SSSR count). The molecule has 46 heavy (non-hydrogen) atoms. The maximum absolute atomic E-state index is 11.4. The van der Waals surface area contributed by atoms with Gasteiger partial charge in [0, 0.05) is 68.1 Å². The van der Waals surface area contributed by atoms with Gasteiger partial charge in [-0.1, -0.05) is 34.6 Å². The van der Waals surface area contributed by atoms with Crippen LogP contribution in [0.4, 0.5) is 5.69 Å². The summed E-state index contributed by atoms with van der Waals surface area (Å²) in [5.74, 6) is -1.00. The molecular formula is C36H56N4O5Si. The number of hydrogen-bond acceptors (Lipinski definition) is 7. The molecule has 0 bridgehead atoms. The number of ether oxygens (including phenoxy) is 2. The molecule has 3 atom stereocenters. The Hall–Kier alpha value is -2.76. The van der Waals surface area contributed by atoms with Crippen LogP contribution in [0.15, 0.2) is 36.5 Å². The highest BCUT2D eigenvalue weighted by Crippen LogP contribution is 2.43. The van der Waals surface area contributed by atoms with Crippen LogP contribution in [-0.2, 0) is 31.7 Å². The van der Waals surface area contributed by atoms with E-state index in [-0.39, 0.29) is 29.1 Å². The third kappa shape index (κ3) is 7.85. The topological polar surface area (TPSA) is 112 Å². The number of methoxy groups -OCH3 is 1. The summed E-state index contributed by atoms with van der Waals surface area (Å²) >= 11 is 0. The van der Waals surface area contributed by atoms with E-state index >= 15 is 0 Å². The van der Waals surface area contributed by atoms with Crippen molar-refractivity contribution in [3.63, 3.8) is 0 Å². The van der Waals surface area contributed by atoms with Crippen LogP contribution >= 0.6 is 0 Å². The molecule has 0 amide bonds. The smallest absolute Gasteiger partial charge is 0.320 e. The lowest BCUT2D eigenvalue weighted by molar-refractivity contribution is -0.139. The Labute approximate surface area is 276 Å². The number of carboxylic acids is 1. The number of hydrogen-bond donors (Lipinski definition) is 2. The van der Waals surface area contributed by atoms with Gasteiger partial charge in [-0.3, -0.25) is 9.78 Å². The van der Waals surface area contributed by atoms with Crippen LogP contribution in [0.3, 0.4) is 0 Å². The van der Waals surface area contributed by atoms with Gasteiger partial charge in [0.25, 0.3) is 0 Å². The van der Waals surface area contributed by atoms with Crippen LogP contribution in [0.5, 0.6) is 0 Å². The van der Waals surface area contributed by atoms with Crippen LogP contribution < -0.4 is 10.6 Å². The summed E-state index contributed by atoms with van der Waals surface area (Å²) in [7, 11) is -0.218. The molecule has 0 spiro atoms. The van der Waals surface area contributed by atoms with Gasteiger partial charge in [0.2, 0.25) is 0 Å². The number of nitrogens with zero attached hydrogens (tertiary/aromatic N) is 3. The van der Waals surface area contributed by atoms with Gasteiger partial charge in [-0.15, -0.1) is 0 Å². The Morgan fingerprint density at radius 1 is 1.22 bits per heavy atom. The first-order chi connectivity index (χ1) is 21.5. The minimum absolute atomic E-state index is 0.132. The van der Waals surface area contributed by atoms with Crippen LogP contribution in [0, 0.1) is 5.41 Å². The fourth-order valence-electron chi connectivity index (χ4n) is 6.08. The van der Waals surface area contributed by atoms with Crippen molar-refractivity contribution >= 4 is 30.9 Å². The predicted molar refractivity (Wildman–Crippen MR) is 189 cm³/mol. The second kappa shape index (κ2) is 14.2. The Balaban J connectivity index is 1.84. The van der Waals surface area contributed by atoms with E-state index in [0.717, 1.165) is 36.5 Å². The van der Waals surface area contributed by atoms with Gasteiger partial charge in [0.1, 0.15) is 6.04 Å². The van der Waals surface area contributed by atoms with Crippen molar-refractivity contribution in [1.82, 2.24) is 9.55 Å². The van der Waals surface area contributed by atoms with E-state index < -0.39 is 20.3 Å². The third-order valence-corrected chi connectivity index (χ3v) is 14.4. The number of carbonyl (C=O) groups is 1. The maximum Gasteiger partial charge on any atom is 0.320 e. The molecule has 254 valence electrons. The Morgan fingerprint density at radius 2 is 1.93 bits per heavy atom. The quantitative estimate of drug-likeness (QED) is 0.189. The molecule has 0 aliphatic carbocycles. The lowest BCUT2D eigenvalue weighted by atomic mass is 9.84. The molecule has 3 N–H and O–H groups in total. The number of morpholine rings is 1. The van der Waals surface area contributed by atoms with Crippen molar-refractivity contribution in [2.24, 2.45) is 11.1 Å². The number of carboxylic acid groups (broad SMARTS) is 1. The van der Waals surface area contributed by atoms with Crippen molar-refractivity contribution < 1.29 is 23.8 Å². The maximum atomic E-state index is 11.4. The van der Waals surface area contributed by atoms with E-state index in [1.807, 2.05) is 19.2 Å². The molecule has 1 aliphatic rings. The molecule has 1 fully saturated rings. The number of aromatic nitrogens is 2. The number of anilines is 1. The molecule has 1 unspecified atom stereocenters. The van der Waals surface area contributed by atoms with E-state index in [4.69, 9.17) is 24.6 Å². The number of fused-ring (bicyclic) bond motifs is 1. The molecule has 3 aromatic rings. The predicted octanol–water partition coefficient (Wildman–Crippen LogP) is 7.03. The van der Waals surface area contributed by atoms with E-state index in [0.29, 0.717) is 19.8 Å². The summed E-state index contributed by atoms with van der Waals surface area (Å²) in [6, 6.07) is 9.94. The monoisotopic (exact) mass is 652 g/mol. The standard InChI is InChI=1S/C36H56N4O5Si/c1-11-40-31-15-14-25(39-17-18-44-26(22-39)20-30(37)34(41)42)19-28(31)29(21-36(6,7)23-45-46(9,10)35(3,4)5)33(40)27-13-12-16-38-32(27)24(2)43-8/h12-16,19,24,26,30H,11,17-18,20-23,37H2,1-10H3,(H,41,42)/t24-,26-,30?/m0/s1. The Bertz CT molecular complexity index is 1510. The SMILES string of the molecule is CCn1c(-c2cccnc2[C@H](C)OC)c(CC(C)(C)CO[Si](C)(C)C(C)(C)C)c2cc(N3CCO[C@@H](CC(N)C(=O)O)C3)ccc21. The van der Waals surface area contributed by atoms with Gasteiger partial charge < -0.3 is 34.2 Å². The second-order valence-electron chi connectivity index (χ2n) is 15.1. The largest absolute Gasteiger partial charge is 0.480 e. The number of rotatable bonds is 13. The molecule has 0 radical (unpaired) electrons. The minimum Gasteiger partial charge on any atom is -0.480 e. The van der Waals surface area contributed by atoms with Crippen molar-refractivity contribution in [2.45, 2.75) is 104 Å². The van der Waals surface area contributed by atoms with E-state index in [1.54, 1.807) is 7.11 Å². The average molecular weight is 653 g/mol. The molecule has 0 saturated carbocycles. The van der Waals surface area contributed by atoms with Gasteiger partial charge in [-0.25, -0.2) is 0 Å². The number of aryl methyl sites for hydroxylation is 1. The fraction of sp³-hybridized carbons (Fsp3) is 0.611. The molecule has 3 heterocycles. The van der Waals surface area contributed by atoms with Gasteiger partial charge >= 0.3 is 5.97 Å². The molecule has 2 aromatic heterocycles. The van der Waals surface area contributed by atoms with Crippen molar-refractivity contribution in [1.29, 1.82) is 0 Å². The summed E-state index contributed by atoms with van der Waals surface area (Å²) in [6.07, 6.45) is 2.52. The number of aliphatic carboxylic acids is 1. The zero-order chi connectivity index (χ0) is 34.0. The molecule has 1 saturated heterocycles. The highest BCUT2D eigenvalue weighted by Gasteiger charge is 2.39. The van der Waals surface area contributed by atoms with Crippen LogP contribution in [0.2, 0.25) is 18.1 Å². The molecule has 1 aromatic carbocycles. The lowest BCUT2D eigenvalue weighted by Gasteiger charge is -2.39. The number of benzene rings is 1. The molecule has 10 heteroatoms. The van der Waals surface area contributed by atoms with E-state index in [9.17, 15) is 9.90 Å².